The first-order chi connectivity index (χ1) is 13.6. The van der Waals surface area contributed by atoms with Crippen LogP contribution in [0.4, 0.5) is 5.69 Å². The highest BCUT2D eigenvalue weighted by molar-refractivity contribution is 5.94. The van der Waals surface area contributed by atoms with E-state index in [0.717, 1.165) is 49.5 Å². The number of pyridine rings is 1. The van der Waals surface area contributed by atoms with Crippen molar-refractivity contribution in [2.75, 3.05) is 32.1 Å². The van der Waals surface area contributed by atoms with Gasteiger partial charge in [0.2, 0.25) is 0 Å². The Morgan fingerprint density at radius 3 is 2.82 bits per heavy atom. The molecule has 1 aromatic carbocycles. The van der Waals surface area contributed by atoms with Gasteiger partial charge in [0, 0.05) is 36.7 Å². The van der Waals surface area contributed by atoms with Gasteiger partial charge in [0.15, 0.2) is 0 Å². The molecule has 0 unspecified atom stereocenters. The molecule has 1 N–H and O–H groups in total. The standard InChI is InChI=1S/C22H27N3O3/c1-16-6-7-17(14-23-16)21(26)25-10-8-22(9-11-25)13-19(15-28-22)24-18-4-3-5-20(12-18)27-2/h3-7,12,14,19,24H,8-11,13,15H2,1-2H3/t19-/m0/s1. The number of rotatable bonds is 4. The lowest BCUT2D eigenvalue weighted by atomic mass is 9.87. The fraction of sp³-hybridized carbons (Fsp3) is 0.455. The first-order valence-corrected chi connectivity index (χ1v) is 9.83. The second kappa shape index (κ2) is 7.80. The van der Waals surface area contributed by atoms with Crippen LogP contribution >= 0.6 is 0 Å². The van der Waals surface area contributed by atoms with Gasteiger partial charge in [0.05, 0.1) is 30.9 Å². The number of carbonyl (C=O) groups excluding carboxylic acids is 1. The van der Waals surface area contributed by atoms with Crippen molar-refractivity contribution in [1.82, 2.24) is 9.88 Å². The summed E-state index contributed by atoms with van der Waals surface area (Å²) >= 11 is 0. The molecule has 3 heterocycles. The molecule has 1 aromatic heterocycles. The quantitative estimate of drug-likeness (QED) is 0.881. The van der Waals surface area contributed by atoms with Gasteiger partial charge in [-0.1, -0.05) is 6.07 Å². The molecule has 6 heteroatoms. The Hall–Kier alpha value is -2.60. The normalized spacial score (nSPS) is 20.9. The van der Waals surface area contributed by atoms with E-state index in [-0.39, 0.29) is 17.6 Å². The first-order valence-electron chi connectivity index (χ1n) is 9.83. The molecule has 0 radical (unpaired) electrons. The third-order valence-corrected chi connectivity index (χ3v) is 5.77. The van der Waals surface area contributed by atoms with E-state index in [1.54, 1.807) is 13.3 Å². The van der Waals surface area contributed by atoms with Gasteiger partial charge < -0.3 is 19.7 Å². The average Bonchev–Trinajstić information content (AvgIpc) is 3.10. The molecular formula is C22H27N3O3. The van der Waals surface area contributed by atoms with E-state index < -0.39 is 0 Å². The van der Waals surface area contributed by atoms with Gasteiger partial charge in [-0.25, -0.2) is 0 Å². The van der Waals surface area contributed by atoms with Crippen LogP contribution in [0.25, 0.3) is 0 Å². The largest absolute Gasteiger partial charge is 0.497 e. The molecule has 2 aromatic rings. The minimum absolute atomic E-state index is 0.0615. The Kier molecular flexibility index (Phi) is 5.22. The highest BCUT2D eigenvalue weighted by Gasteiger charge is 2.43. The number of aryl methyl sites for hydroxylation is 1. The van der Waals surface area contributed by atoms with Crippen molar-refractivity contribution in [3.8, 4) is 5.75 Å². The molecule has 0 saturated carbocycles. The van der Waals surface area contributed by atoms with E-state index in [2.05, 4.69) is 10.3 Å². The summed E-state index contributed by atoms with van der Waals surface area (Å²) < 4.78 is 11.5. The van der Waals surface area contributed by atoms with Crippen LogP contribution in [0, 0.1) is 6.92 Å². The van der Waals surface area contributed by atoms with Crippen LogP contribution < -0.4 is 10.1 Å². The molecule has 28 heavy (non-hydrogen) atoms. The minimum Gasteiger partial charge on any atom is -0.497 e. The Labute approximate surface area is 165 Å². The van der Waals surface area contributed by atoms with Crippen LogP contribution in [0.15, 0.2) is 42.6 Å². The molecule has 2 fully saturated rings. The molecule has 0 bridgehead atoms. The summed E-state index contributed by atoms with van der Waals surface area (Å²) in [5.74, 6) is 0.905. The van der Waals surface area contributed by atoms with E-state index in [1.807, 2.05) is 48.2 Å². The third kappa shape index (κ3) is 3.97. The molecule has 148 valence electrons. The average molecular weight is 381 g/mol. The number of methoxy groups -OCH3 is 1. The maximum atomic E-state index is 12.7. The van der Waals surface area contributed by atoms with E-state index in [0.29, 0.717) is 12.2 Å². The second-order valence-corrected chi connectivity index (χ2v) is 7.75. The second-order valence-electron chi connectivity index (χ2n) is 7.75. The molecule has 1 amide bonds. The van der Waals surface area contributed by atoms with Gasteiger partial charge in [-0.2, -0.15) is 0 Å². The third-order valence-electron chi connectivity index (χ3n) is 5.77. The maximum Gasteiger partial charge on any atom is 0.255 e. The summed E-state index contributed by atoms with van der Waals surface area (Å²) in [5.41, 5.74) is 2.50. The number of amides is 1. The predicted molar refractivity (Wildman–Crippen MR) is 108 cm³/mol. The van der Waals surface area contributed by atoms with Gasteiger partial charge >= 0.3 is 0 Å². The molecular weight excluding hydrogens is 354 g/mol. The van der Waals surface area contributed by atoms with E-state index in [9.17, 15) is 4.79 Å². The molecule has 2 aliphatic rings. The lowest BCUT2D eigenvalue weighted by Crippen LogP contribution is -2.46. The van der Waals surface area contributed by atoms with E-state index in [1.165, 1.54) is 0 Å². The van der Waals surface area contributed by atoms with Crippen molar-refractivity contribution in [2.24, 2.45) is 0 Å². The zero-order valence-electron chi connectivity index (χ0n) is 16.5. The zero-order chi connectivity index (χ0) is 19.6. The maximum absolute atomic E-state index is 12.7. The summed E-state index contributed by atoms with van der Waals surface area (Å²) in [4.78, 5) is 18.9. The number of carbonyl (C=O) groups is 1. The van der Waals surface area contributed by atoms with Crippen molar-refractivity contribution in [3.63, 3.8) is 0 Å². The molecule has 2 saturated heterocycles. The number of piperidine rings is 1. The summed E-state index contributed by atoms with van der Waals surface area (Å²) in [6.45, 7) is 4.05. The van der Waals surface area contributed by atoms with Crippen molar-refractivity contribution < 1.29 is 14.3 Å². The zero-order valence-corrected chi connectivity index (χ0v) is 16.5. The molecule has 4 rings (SSSR count). The number of likely N-dealkylation sites (tertiary alicyclic amines) is 1. The van der Waals surface area contributed by atoms with Gasteiger partial charge in [-0.15, -0.1) is 0 Å². The smallest absolute Gasteiger partial charge is 0.255 e. The van der Waals surface area contributed by atoms with Crippen LogP contribution in [-0.4, -0.2) is 54.2 Å². The monoisotopic (exact) mass is 381 g/mol. The van der Waals surface area contributed by atoms with Crippen molar-refractivity contribution in [1.29, 1.82) is 0 Å². The molecule has 1 spiro atoms. The summed E-state index contributed by atoms with van der Waals surface area (Å²) in [6.07, 6.45) is 4.36. The Balaban J connectivity index is 1.33. The number of nitrogens with one attached hydrogen (secondary N) is 1. The van der Waals surface area contributed by atoms with Gasteiger partial charge in [-0.3, -0.25) is 9.78 Å². The lowest BCUT2D eigenvalue weighted by Gasteiger charge is -2.38. The van der Waals surface area contributed by atoms with Crippen molar-refractivity contribution >= 4 is 11.6 Å². The van der Waals surface area contributed by atoms with E-state index >= 15 is 0 Å². The lowest BCUT2D eigenvalue weighted by molar-refractivity contribution is -0.0388. The topological polar surface area (TPSA) is 63.7 Å². The van der Waals surface area contributed by atoms with Gasteiger partial charge in [-0.05, 0) is 50.5 Å². The number of nitrogens with zero attached hydrogens (tertiary/aromatic N) is 2. The number of ether oxygens (including phenoxy) is 2. The number of anilines is 1. The molecule has 2 aliphatic heterocycles. The highest BCUT2D eigenvalue weighted by Crippen LogP contribution is 2.37. The number of hydrogen-bond acceptors (Lipinski definition) is 5. The van der Waals surface area contributed by atoms with Crippen LogP contribution in [0.2, 0.25) is 0 Å². The molecule has 0 aliphatic carbocycles. The first kappa shape index (κ1) is 18.7. The molecule has 6 nitrogen and oxygen atoms in total. The Morgan fingerprint density at radius 1 is 1.29 bits per heavy atom. The Bertz CT molecular complexity index is 829. The van der Waals surface area contributed by atoms with Gasteiger partial charge in [0.1, 0.15) is 5.75 Å². The minimum atomic E-state index is -0.126. The van der Waals surface area contributed by atoms with Crippen molar-refractivity contribution in [3.05, 3.63) is 53.9 Å². The fourth-order valence-corrected chi connectivity index (χ4v) is 4.13. The highest BCUT2D eigenvalue weighted by atomic mass is 16.5. The number of aromatic nitrogens is 1. The summed E-state index contributed by atoms with van der Waals surface area (Å²) in [7, 11) is 1.68. The van der Waals surface area contributed by atoms with Crippen LogP contribution in [0.1, 0.15) is 35.3 Å². The van der Waals surface area contributed by atoms with Gasteiger partial charge in [0.25, 0.3) is 5.91 Å². The SMILES string of the molecule is COc1cccc(N[C@@H]2COC3(CCN(C(=O)c4ccc(C)nc4)CC3)C2)c1. The van der Waals surface area contributed by atoms with Crippen LogP contribution in [0.3, 0.4) is 0 Å². The molecule has 1 atom stereocenters. The van der Waals surface area contributed by atoms with Crippen LogP contribution in [0.5, 0.6) is 5.75 Å². The summed E-state index contributed by atoms with van der Waals surface area (Å²) in [6, 6.07) is 12.0. The van der Waals surface area contributed by atoms with Crippen LogP contribution in [-0.2, 0) is 4.74 Å². The Morgan fingerprint density at radius 2 is 2.11 bits per heavy atom. The van der Waals surface area contributed by atoms with E-state index in [4.69, 9.17) is 9.47 Å². The number of benzene rings is 1. The fourth-order valence-electron chi connectivity index (χ4n) is 4.13. The summed E-state index contributed by atoms with van der Waals surface area (Å²) in [5, 5.41) is 3.56. The predicted octanol–water partition coefficient (Wildman–Crippen LogP) is 3.27. The number of hydrogen-bond donors (Lipinski definition) is 1. The van der Waals surface area contributed by atoms with Crippen molar-refractivity contribution in [2.45, 2.75) is 37.8 Å².